The summed E-state index contributed by atoms with van der Waals surface area (Å²) in [6, 6.07) is 0. The molecule has 4 nitrogen and oxygen atoms in total. The van der Waals surface area contributed by atoms with Crippen molar-refractivity contribution in [3.8, 4) is 0 Å². The third kappa shape index (κ3) is 1.56. The first-order chi connectivity index (χ1) is 6.27. The normalized spacial score (nSPS) is 20.8. The smallest absolute Gasteiger partial charge is 0.303 e. The summed E-state index contributed by atoms with van der Waals surface area (Å²) in [7, 11) is 0. The van der Waals surface area contributed by atoms with Crippen molar-refractivity contribution in [1.29, 1.82) is 0 Å². The molecule has 70 valence electrons. The Kier molecular flexibility index (Phi) is 2.04. The molecule has 2 rings (SSSR count). The van der Waals surface area contributed by atoms with E-state index in [1.807, 2.05) is 10.8 Å². The Morgan fingerprint density at radius 1 is 1.77 bits per heavy atom. The summed E-state index contributed by atoms with van der Waals surface area (Å²) in [4.78, 5) is 15.0. The molecule has 0 aromatic carbocycles. The van der Waals surface area contributed by atoms with Crippen LogP contribution in [-0.2, 0) is 16.1 Å². The maximum absolute atomic E-state index is 10.8. The molecule has 0 bridgehead atoms. The van der Waals surface area contributed by atoms with E-state index < -0.39 is 0 Å². The average molecular weight is 180 g/mol. The van der Waals surface area contributed by atoms with Crippen molar-refractivity contribution in [1.82, 2.24) is 9.55 Å². The highest BCUT2D eigenvalue weighted by Gasteiger charge is 2.23. The van der Waals surface area contributed by atoms with E-state index in [4.69, 9.17) is 4.74 Å². The van der Waals surface area contributed by atoms with Crippen molar-refractivity contribution in [3.63, 3.8) is 0 Å². The molecular weight excluding hydrogens is 168 g/mol. The molecule has 0 fully saturated rings. The van der Waals surface area contributed by atoms with Crippen molar-refractivity contribution in [3.05, 3.63) is 18.2 Å². The lowest BCUT2D eigenvalue weighted by atomic mass is 10.1. The number of ether oxygens (including phenoxy) is 1. The van der Waals surface area contributed by atoms with Crippen molar-refractivity contribution >= 4 is 5.97 Å². The molecule has 0 amide bonds. The van der Waals surface area contributed by atoms with Crippen molar-refractivity contribution in [2.24, 2.45) is 0 Å². The van der Waals surface area contributed by atoms with Crippen LogP contribution in [-0.4, -0.2) is 15.5 Å². The molecule has 0 spiro atoms. The number of hydrogen-bond acceptors (Lipinski definition) is 3. The van der Waals surface area contributed by atoms with Crippen molar-refractivity contribution in [2.45, 2.75) is 32.4 Å². The highest BCUT2D eigenvalue weighted by molar-refractivity contribution is 5.66. The lowest BCUT2D eigenvalue weighted by molar-refractivity contribution is -0.148. The van der Waals surface area contributed by atoms with E-state index in [0.717, 1.165) is 25.2 Å². The highest BCUT2D eigenvalue weighted by atomic mass is 16.5. The number of aryl methyl sites for hydroxylation is 1. The number of rotatable bonds is 1. The largest absolute Gasteiger partial charge is 0.454 e. The zero-order chi connectivity index (χ0) is 9.26. The third-order valence-corrected chi connectivity index (χ3v) is 2.21. The Morgan fingerprint density at radius 3 is 3.38 bits per heavy atom. The summed E-state index contributed by atoms with van der Waals surface area (Å²) in [6.07, 6.45) is 5.46. The molecule has 0 saturated heterocycles. The molecular formula is C9H12N2O2. The van der Waals surface area contributed by atoms with Crippen LogP contribution in [0.3, 0.4) is 0 Å². The van der Waals surface area contributed by atoms with Crippen LogP contribution in [0.5, 0.6) is 0 Å². The number of esters is 1. The molecule has 0 saturated carbocycles. The maximum atomic E-state index is 10.8. The molecule has 13 heavy (non-hydrogen) atoms. The van der Waals surface area contributed by atoms with E-state index in [1.165, 1.54) is 6.92 Å². The zero-order valence-corrected chi connectivity index (χ0v) is 7.56. The fraction of sp³-hybridized carbons (Fsp3) is 0.556. The van der Waals surface area contributed by atoms with Gasteiger partial charge in [-0.1, -0.05) is 0 Å². The van der Waals surface area contributed by atoms with Gasteiger partial charge in [-0.3, -0.25) is 4.79 Å². The fourth-order valence-corrected chi connectivity index (χ4v) is 1.69. The van der Waals surface area contributed by atoms with Crippen LogP contribution < -0.4 is 0 Å². The number of fused-ring (bicyclic) bond motifs is 1. The Hall–Kier alpha value is -1.32. The minimum Gasteiger partial charge on any atom is -0.454 e. The Bertz CT molecular complexity index is 319. The lowest BCUT2D eigenvalue weighted by Gasteiger charge is -2.22. The molecule has 0 radical (unpaired) electrons. The number of hydrogen-bond donors (Lipinski definition) is 0. The van der Waals surface area contributed by atoms with Crippen LogP contribution in [0.25, 0.3) is 0 Å². The average Bonchev–Trinajstić information content (AvgIpc) is 2.51. The molecule has 0 unspecified atom stereocenters. The Labute approximate surface area is 76.5 Å². The standard InChI is InChI=1S/C9H12N2O2/c1-7(12)13-8-3-2-5-11-6-4-10-9(8)11/h4,6,8H,2-3,5H2,1H3/t8-/m1/s1. The quantitative estimate of drug-likeness (QED) is 0.611. The predicted molar refractivity (Wildman–Crippen MR) is 46.0 cm³/mol. The summed E-state index contributed by atoms with van der Waals surface area (Å²) in [5.74, 6) is 0.642. The zero-order valence-electron chi connectivity index (χ0n) is 7.56. The summed E-state index contributed by atoms with van der Waals surface area (Å²) in [5.41, 5.74) is 0. The second-order valence-electron chi connectivity index (χ2n) is 3.22. The van der Waals surface area contributed by atoms with Crippen LogP contribution in [0, 0.1) is 0 Å². The molecule has 1 aliphatic rings. The van der Waals surface area contributed by atoms with Gasteiger partial charge in [0.15, 0.2) is 6.10 Å². The molecule has 1 aromatic heterocycles. The number of carbonyl (C=O) groups excluding carboxylic acids is 1. The first kappa shape index (κ1) is 8.29. The van der Waals surface area contributed by atoms with E-state index in [-0.39, 0.29) is 12.1 Å². The molecule has 2 heterocycles. The number of carbonyl (C=O) groups is 1. The van der Waals surface area contributed by atoms with E-state index in [0.29, 0.717) is 0 Å². The van der Waals surface area contributed by atoms with Crippen LogP contribution in [0.4, 0.5) is 0 Å². The summed E-state index contributed by atoms with van der Waals surface area (Å²) in [5, 5.41) is 0. The van der Waals surface area contributed by atoms with Crippen LogP contribution in [0.1, 0.15) is 31.7 Å². The van der Waals surface area contributed by atoms with E-state index >= 15 is 0 Å². The molecule has 1 aliphatic heterocycles. The second kappa shape index (κ2) is 3.20. The van der Waals surface area contributed by atoms with Gasteiger partial charge in [0, 0.05) is 25.9 Å². The molecule has 1 aromatic rings. The van der Waals surface area contributed by atoms with Gasteiger partial charge in [0.1, 0.15) is 5.82 Å². The van der Waals surface area contributed by atoms with Gasteiger partial charge in [-0.15, -0.1) is 0 Å². The lowest BCUT2D eigenvalue weighted by Crippen LogP contribution is -2.19. The van der Waals surface area contributed by atoms with Gasteiger partial charge in [0.05, 0.1) is 0 Å². The maximum Gasteiger partial charge on any atom is 0.303 e. The topological polar surface area (TPSA) is 44.1 Å². The number of aromatic nitrogens is 2. The minimum absolute atomic E-state index is 0.138. The number of imidazole rings is 1. The first-order valence-corrected chi connectivity index (χ1v) is 4.45. The van der Waals surface area contributed by atoms with Gasteiger partial charge in [-0.2, -0.15) is 0 Å². The van der Waals surface area contributed by atoms with Crippen LogP contribution >= 0.6 is 0 Å². The second-order valence-corrected chi connectivity index (χ2v) is 3.22. The molecule has 1 atom stereocenters. The number of nitrogens with zero attached hydrogens (tertiary/aromatic N) is 2. The summed E-state index contributed by atoms with van der Waals surface area (Å²) >= 11 is 0. The SMILES string of the molecule is CC(=O)O[C@@H]1CCCn2ccnc21. The fourth-order valence-electron chi connectivity index (χ4n) is 1.69. The van der Waals surface area contributed by atoms with Crippen LogP contribution in [0.15, 0.2) is 12.4 Å². The monoisotopic (exact) mass is 180 g/mol. The van der Waals surface area contributed by atoms with Gasteiger partial charge in [-0.05, 0) is 12.8 Å². The summed E-state index contributed by atoms with van der Waals surface area (Å²) < 4.78 is 7.19. The van der Waals surface area contributed by atoms with E-state index in [9.17, 15) is 4.79 Å². The summed E-state index contributed by atoms with van der Waals surface area (Å²) in [6.45, 7) is 2.41. The van der Waals surface area contributed by atoms with E-state index in [2.05, 4.69) is 4.98 Å². The minimum atomic E-state index is -0.235. The Balaban J connectivity index is 2.20. The van der Waals surface area contributed by atoms with E-state index in [1.54, 1.807) is 6.20 Å². The van der Waals surface area contributed by atoms with Crippen LogP contribution in [0.2, 0.25) is 0 Å². The van der Waals surface area contributed by atoms with Crippen molar-refractivity contribution in [2.75, 3.05) is 0 Å². The highest BCUT2D eigenvalue weighted by Crippen LogP contribution is 2.26. The molecule has 0 N–H and O–H groups in total. The first-order valence-electron chi connectivity index (χ1n) is 4.45. The predicted octanol–water partition coefficient (Wildman–Crippen LogP) is 1.28. The van der Waals surface area contributed by atoms with Gasteiger partial charge < -0.3 is 9.30 Å². The Morgan fingerprint density at radius 2 is 2.62 bits per heavy atom. The van der Waals surface area contributed by atoms with Gasteiger partial charge in [0.25, 0.3) is 0 Å². The van der Waals surface area contributed by atoms with Crippen molar-refractivity contribution < 1.29 is 9.53 Å². The van der Waals surface area contributed by atoms with Gasteiger partial charge >= 0.3 is 5.97 Å². The molecule has 0 aliphatic carbocycles. The molecule has 4 heteroatoms. The third-order valence-electron chi connectivity index (χ3n) is 2.21. The van der Waals surface area contributed by atoms with Gasteiger partial charge in [0.2, 0.25) is 0 Å². The van der Waals surface area contributed by atoms with Gasteiger partial charge in [-0.25, -0.2) is 4.98 Å².